The van der Waals surface area contributed by atoms with E-state index in [-0.39, 0.29) is 18.3 Å². The summed E-state index contributed by atoms with van der Waals surface area (Å²) in [5.41, 5.74) is 2.66. The van der Waals surface area contributed by atoms with Gasteiger partial charge < -0.3 is 10.6 Å². The first-order valence-electron chi connectivity index (χ1n) is 7.82. The van der Waals surface area contributed by atoms with E-state index in [2.05, 4.69) is 20.6 Å². The van der Waals surface area contributed by atoms with Crippen LogP contribution in [0.25, 0.3) is 0 Å². The van der Waals surface area contributed by atoms with Crippen molar-refractivity contribution in [3.05, 3.63) is 89.8 Å². The Hall–Kier alpha value is -3.28. The first-order chi connectivity index (χ1) is 12.2. The third kappa shape index (κ3) is 4.60. The van der Waals surface area contributed by atoms with Gasteiger partial charge in [-0.15, -0.1) is 0 Å². The van der Waals surface area contributed by atoms with Gasteiger partial charge in [-0.2, -0.15) is 0 Å². The van der Waals surface area contributed by atoms with Crippen LogP contribution in [0.1, 0.15) is 21.5 Å². The fourth-order valence-corrected chi connectivity index (χ4v) is 2.28. The first-order valence-corrected chi connectivity index (χ1v) is 7.82. The van der Waals surface area contributed by atoms with Crippen LogP contribution < -0.4 is 10.6 Å². The molecule has 1 aromatic carbocycles. The zero-order chi connectivity index (χ0) is 17.5. The normalized spacial score (nSPS) is 10.3. The molecule has 3 aromatic rings. The average molecular weight is 336 g/mol. The summed E-state index contributed by atoms with van der Waals surface area (Å²) in [4.78, 5) is 20.3. The van der Waals surface area contributed by atoms with Crippen LogP contribution in [0.4, 0.5) is 10.1 Å². The number of anilines is 1. The lowest BCUT2D eigenvalue weighted by atomic mass is 10.2. The van der Waals surface area contributed by atoms with Crippen molar-refractivity contribution in [1.82, 2.24) is 15.3 Å². The molecule has 3 rings (SSSR count). The number of hydrogen-bond donors (Lipinski definition) is 2. The van der Waals surface area contributed by atoms with Gasteiger partial charge in [-0.1, -0.05) is 18.2 Å². The first kappa shape index (κ1) is 16.6. The molecule has 0 aliphatic carbocycles. The summed E-state index contributed by atoms with van der Waals surface area (Å²) >= 11 is 0. The van der Waals surface area contributed by atoms with Crippen LogP contribution in [0.15, 0.2) is 67.3 Å². The van der Waals surface area contributed by atoms with Gasteiger partial charge in [-0.3, -0.25) is 14.8 Å². The Balaban J connectivity index is 1.60. The highest BCUT2D eigenvalue weighted by Crippen LogP contribution is 2.11. The smallest absolute Gasteiger partial charge is 0.253 e. The second kappa shape index (κ2) is 8.01. The Morgan fingerprint density at radius 2 is 1.80 bits per heavy atom. The van der Waals surface area contributed by atoms with Crippen molar-refractivity contribution < 1.29 is 9.18 Å². The second-order valence-corrected chi connectivity index (χ2v) is 5.45. The van der Waals surface area contributed by atoms with E-state index < -0.39 is 0 Å². The van der Waals surface area contributed by atoms with E-state index in [4.69, 9.17) is 0 Å². The van der Waals surface area contributed by atoms with E-state index >= 15 is 0 Å². The Morgan fingerprint density at radius 1 is 1.00 bits per heavy atom. The zero-order valence-corrected chi connectivity index (χ0v) is 13.4. The monoisotopic (exact) mass is 336 g/mol. The maximum atomic E-state index is 13.6. The van der Waals surface area contributed by atoms with Gasteiger partial charge in [0.25, 0.3) is 5.91 Å². The number of benzene rings is 1. The third-order valence-electron chi connectivity index (χ3n) is 3.64. The highest BCUT2D eigenvalue weighted by atomic mass is 19.1. The molecule has 0 bridgehead atoms. The van der Waals surface area contributed by atoms with E-state index in [9.17, 15) is 9.18 Å². The van der Waals surface area contributed by atoms with Gasteiger partial charge >= 0.3 is 0 Å². The molecule has 1 amide bonds. The van der Waals surface area contributed by atoms with Crippen molar-refractivity contribution >= 4 is 11.6 Å². The Labute approximate surface area is 145 Å². The second-order valence-electron chi connectivity index (χ2n) is 5.45. The summed E-state index contributed by atoms with van der Waals surface area (Å²) < 4.78 is 13.6. The summed E-state index contributed by atoms with van der Waals surface area (Å²) in [5.74, 6) is -0.642. The van der Waals surface area contributed by atoms with Crippen molar-refractivity contribution in [2.24, 2.45) is 0 Å². The summed E-state index contributed by atoms with van der Waals surface area (Å²) in [6, 6.07) is 11.9. The van der Waals surface area contributed by atoms with Crippen molar-refractivity contribution in [3.63, 3.8) is 0 Å². The molecular weight excluding hydrogens is 319 g/mol. The number of rotatable bonds is 6. The lowest BCUT2D eigenvalue weighted by molar-refractivity contribution is 0.0950. The van der Waals surface area contributed by atoms with Crippen LogP contribution >= 0.6 is 0 Å². The molecular formula is C19H17FN4O. The zero-order valence-electron chi connectivity index (χ0n) is 13.4. The summed E-state index contributed by atoms with van der Waals surface area (Å²) in [6.07, 6.45) is 6.58. The van der Waals surface area contributed by atoms with Gasteiger partial charge in [0.05, 0.1) is 11.3 Å². The number of carbonyl (C=O) groups excluding carboxylic acids is 1. The molecule has 0 saturated carbocycles. The summed E-state index contributed by atoms with van der Waals surface area (Å²) in [5, 5.41) is 5.91. The molecule has 2 heterocycles. The van der Waals surface area contributed by atoms with Crippen LogP contribution in [0, 0.1) is 5.82 Å². The molecule has 0 saturated heterocycles. The highest BCUT2D eigenvalue weighted by Gasteiger charge is 2.08. The van der Waals surface area contributed by atoms with Crippen molar-refractivity contribution in [1.29, 1.82) is 0 Å². The third-order valence-corrected chi connectivity index (χ3v) is 3.64. The molecule has 25 heavy (non-hydrogen) atoms. The van der Waals surface area contributed by atoms with Crippen molar-refractivity contribution in [2.75, 3.05) is 5.32 Å². The topological polar surface area (TPSA) is 66.9 Å². The minimum atomic E-state index is -0.339. The summed E-state index contributed by atoms with van der Waals surface area (Å²) in [6.45, 7) is 0.727. The standard InChI is InChI=1S/C19H17FN4O/c20-18-4-2-1-3-15(18)12-24-19(25)16-9-17(13-22-11-16)23-10-14-5-7-21-8-6-14/h1-9,11,13,23H,10,12H2,(H,24,25). The predicted molar refractivity (Wildman–Crippen MR) is 93.4 cm³/mol. The van der Waals surface area contributed by atoms with E-state index in [1.54, 1.807) is 42.9 Å². The Bertz CT molecular complexity index is 855. The van der Waals surface area contributed by atoms with Crippen molar-refractivity contribution in [3.8, 4) is 0 Å². The average Bonchev–Trinajstić information content (AvgIpc) is 2.66. The molecule has 5 nitrogen and oxygen atoms in total. The van der Waals surface area contributed by atoms with Gasteiger partial charge in [-0.05, 0) is 29.8 Å². The quantitative estimate of drug-likeness (QED) is 0.726. The van der Waals surface area contributed by atoms with Gasteiger partial charge in [0, 0.05) is 43.4 Å². The minimum Gasteiger partial charge on any atom is -0.380 e. The van der Waals surface area contributed by atoms with Gasteiger partial charge in [0.2, 0.25) is 0 Å². The number of pyridine rings is 2. The van der Waals surface area contributed by atoms with Crippen molar-refractivity contribution in [2.45, 2.75) is 13.1 Å². The van der Waals surface area contributed by atoms with Crippen LogP contribution in [0.2, 0.25) is 0 Å². The largest absolute Gasteiger partial charge is 0.380 e. The van der Waals surface area contributed by atoms with E-state index in [0.717, 1.165) is 11.3 Å². The number of amides is 1. The molecule has 0 atom stereocenters. The van der Waals surface area contributed by atoms with Crippen LogP contribution in [0.3, 0.4) is 0 Å². The number of halogens is 1. The molecule has 0 aliphatic rings. The molecule has 0 radical (unpaired) electrons. The lowest BCUT2D eigenvalue weighted by Crippen LogP contribution is -2.23. The van der Waals surface area contributed by atoms with E-state index in [1.165, 1.54) is 12.3 Å². The SMILES string of the molecule is O=C(NCc1ccccc1F)c1cncc(NCc2ccncc2)c1. The number of aromatic nitrogens is 2. The highest BCUT2D eigenvalue weighted by molar-refractivity contribution is 5.94. The van der Waals surface area contributed by atoms with Crippen LogP contribution in [-0.4, -0.2) is 15.9 Å². The van der Waals surface area contributed by atoms with E-state index in [0.29, 0.717) is 17.7 Å². The molecule has 0 unspecified atom stereocenters. The van der Waals surface area contributed by atoms with E-state index in [1.807, 2.05) is 12.1 Å². The molecule has 126 valence electrons. The fraction of sp³-hybridized carbons (Fsp3) is 0.105. The minimum absolute atomic E-state index is 0.125. The molecule has 0 aliphatic heterocycles. The van der Waals surface area contributed by atoms with Gasteiger partial charge in [0.1, 0.15) is 5.82 Å². The molecule has 2 aromatic heterocycles. The molecule has 6 heteroatoms. The maximum absolute atomic E-state index is 13.6. The number of carbonyl (C=O) groups is 1. The summed E-state index contributed by atoms with van der Waals surface area (Å²) in [7, 11) is 0. The van der Waals surface area contributed by atoms with Crippen LogP contribution in [-0.2, 0) is 13.1 Å². The fourth-order valence-electron chi connectivity index (χ4n) is 2.28. The maximum Gasteiger partial charge on any atom is 0.253 e. The number of nitrogens with zero attached hydrogens (tertiary/aromatic N) is 2. The Morgan fingerprint density at radius 3 is 2.60 bits per heavy atom. The van der Waals surface area contributed by atoms with Gasteiger partial charge in [-0.25, -0.2) is 4.39 Å². The molecule has 2 N–H and O–H groups in total. The van der Waals surface area contributed by atoms with Crippen LogP contribution in [0.5, 0.6) is 0 Å². The predicted octanol–water partition coefficient (Wildman–Crippen LogP) is 3.16. The lowest BCUT2D eigenvalue weighted by Gasteiger charge is -2.09. The van der Waals surface area contributed by atoms with Gasteiger partial charge in [0.15, 0.2) is 0 Å². The Kier molecular flexibility index (Phi) is 5.31. The number of hydrogen-bond acceptors (Lipinski definition) is 4. The molecule has 0 fully saturated rings. The number of nitrogens with one attached hydrogen (secondary N) is 2. The molecule has 0 spiro atoms.